The van der Waals surface area contributed by atoms with E-state index in [4.69, 9.17) is 9.47 Å². The van der Waals surface area contributed by atoms with E-state index in [0.717, 1.165) is 37.4 Å². The van der Waals surface area contributed by atoms with Gasteiger partial charge in [0.2, 0.25) is 5.91 Å². The third-order valence-electron chi connectivity index (χ3n) is 6.39. The Labute approximate surface area is 200 Å². The maximum Gasteiger partial charge on any atom is 0.338 e. The molecule has 0 aromatic heterocycles. The summed E-state index contributed by atoms with van der Waals surface area (Å²) in [5.74, 6) is -0.0140. The fourth-order valence-corrected chi connectivity index (χ4v) is 4.41. The highest BCUT2D eigenvalue weighted by molar-refractivity contribution is 6.22. The van der Waals surface area contributed by atoms with Gasteiger partial charge >= 0.3 is 5.97 Å². The fraction of sp³-hybridized carbons (Fsp3) is 0.423. The number of nitrogens with zero attached hydrogens (tertiary/aromatic N) is 3. The first-order valence-corrected chi connectivity index (χ1v) is 11.8. The second-order valence-corrected chi connectivity index (χ2v) is 8.55. The van der Waals surface area contributed by atoms with Crippen molar-refractivity contribution < 1.29 is 23.9 Å². The van der Waals surface area contributed by atoms with Gasteiger partial charge in [0.25, 0.3) is 5.91 Å². The molecule has 2 heterocycles. The number of carbonyl (C=O) groups is 3. The number of esters is 1. The minimum Gasteiger partial charge on any atom is -0.497 e. The average Bonchev–Trinajstić information content (AvgIpc) is 3.18. The van der Waals surface area contributed by atoms with Gasteiger partial charge in [0.15, 0.2) is 0 Å². The summed E-state index contributed by atoms with van der Waals surface area (Å²) in [5.41, 5.74) is 1.98. The number of carbonyl (C=O) groups excluding carboxylic acids is 3. The predicted molar refractivity (Wildman–Crippen MR) is 129 cm³/mol. The lowest BCUT2D eigenvalue weighted by Crippen LogP contribution is -2.52. The van der Waals surface area contributed by atoms with Gasteiger partial charge in [-0.3, -0.25) is 14.5 Å². The Morgan fingerprint density at radius 1 is 1.00 bits per heavy atom. The lowest BCUT2D eigenvalue weighted by atomic mass is 10.1. The van der Waals surface area contributed by atoms with Crippen molar-refractivity contribution in [3.05, 3.63) is 54.1 Å². The van der Waals surface area contributed by atoms with Crippen LogP contribution in [0.15, 0.2) is 48.5 Å². The number of methoxy groups -OCH3 is 1. The molecule has 1 atom stereocenters. The van der Waals surface area contributed by atoms with Gasteiger partial charge in [-0.15, -0.1) is 0 Å². The molecule has 8 nitrogen and oxygen atoms in total. The predicted octanol–water partition coefficient (Wildman–Crippen LogP) is 3.11. The van der Waals surface area contributed by atoms with Crippen molar-refractivity contribution >= 4 is 29.2 Å². The van der Waals surface area contributed by atoms with Crippen LogP contribution in [0.4, 0.5) is 11.4 Å². The molecule has 2 aliphatic heterocycles. The first-order valence-electron chi connectivity index (χ1n) is 11.8. The van der Waals surface area contributed by atoms with Crippen molar-refractivity contribution in [1.82, 2.24) is 4.90 Å². The Bertz CT molecular complexity index is 1030. The van der Waals surface area contributed by atoms with Crippen LogP contribution in [0.3, 0.4) is 0 Å². The average molecular weight is 466 g/mol. The first kappa shape index (κ1) is 23.8. The number of amides is 2. The molecular formula is C26H31N3O5. The molecule has 2 amide bonds. The number of benzene rings is 2. The number of piperazine rings is 1. The molecule has 2 fully saturated rings. The van der Waals surface area contributed by atoms with Crippen LogP contribution in [0.5, 0.6) is 5.75 Å². The Hall–Kier alpha value is -3.39. The van der Waals surface area contributed by atoms with E-state index in [0.29, 0.717) is 30.9 Å². The van der Waals surface area contributed by atoms with Crippen molar-refractivity contribution in [2.24, 2.45) is 0 Å². The van der Waals surface area contributed by atoms with Crippen LogP contribution >= 0.6 is 0 Å². The van der Waals surface area contributed by atoms with Crippen molar-refractivity contribution in [3.8, 4) is 5.75 Å². The van der Waals surface area contributed by atoms with Crippen molar-refractivity contribution in [2.75, 3.05) is 49.7 Å². The second-order valence-electron chi connectivity index (χ2n) is 8.55. The molecule has 0 unspecified atom stereocenters. The highest BCUT2D eigenvalue weighted by Crippen LogP contribution is 2.28. The molecule has 2 aromatic rings. The van der Waals surface area contributed by atoms with Gasteiger partial charge in [0, 0.05) is 37.9 Å². The molecule has 0 radical (unpaired) electrons. The van der Waals surface area contributed by atoms with E-state index in [2.05, 4.69) is 9.80 Å². The number of anilines is 2. The number of hydrogen-bond acceptors (Lipinski definition) is 7. The SMILES string of the molecule is CCCCOC(=O)c1ccc(N2C(=O)C[C@@H](N3CCN(c4cccc(OC)c4)CC3)C2=O)cc1. The van der Waals surface area contributed by atoms with Crippen LogP contribution in [-0.2, 0) is 14.3 Å². The number of imide groups is 1. The van der Waals surface area contributed by atoms with E-state index < -0.39 is 12.0 Å². The van der Waals surface area contributed by atoms with E-state index in [1.807, 2.05) is 31.2 Å². The normalized spacial score (nSPS) is 18.9. The molecule has 8 heteroatoms. The largest absolute Gasteiger partial charge is 0.497 e. The minimum atomic E-state index is -0.460. The molecule has 0 bridgehead atoms. The summed E-state index contributed by atoms with van der Waals surface area (Å²) < 4.78 is 10.5. The van der Waals surface area contributed by atoms with E-state index in [1.165, 1.54) is 4.90 Å². The van der Waals surface area contributed by atoms with Crippen LogP contribution < -0.4 is 14.5 Å². The molecular weight excluding hydrogens is 434 g/mol. The zero-order chi connectivity index (χ0) is 24.1. The number of hydrogen-bond donors (Lipinski definition) is 0. The molecule has 4 rings (SSSR count). The van der Waals surface area contributed by atoms with Crippen LogP contribution in [-0.4, -0.2) is 68.6 Å². The Balaban J connectivity index is 1.37. The maximum absolute atomic E-state index is 13.2. The zero-order valence-corrected chi connectivity index (χ0v) is 19.7. The highest BCUT2D eigenvalue weighted by Gasteiger charge is 2.43. The summed E-state index contributed by atoms with van der Waals surface area (Å²) in [6, 6.07) is 13.9. The molecule has 34 heavy (non-hydrogen) atoms. The smallest absolute Gasteiger partial charge is 0.338 e. The summed E-state index contributed by atoms with van der Waals surface area (Å²) in [6.07, 6.45) is 1.93. The highest BCUT2D eigenvalue weighted by atomic mass is 16.5. The zero-order valence-electron chi connectivity index (χ0n) is 19.7. The number of unbranched alkanes of at least 4 members (excludes halogenated alkanes) is 1. The van der Waals surface area contributed by atoms with E-state index in [9.17, 15) is 14.4 Å². The van der Waals surface area contributed by atoms with Crippen LogP contribution in [0.25, 0.3) is 0 Å². The Kier molecular flexibility index (Phi) is 7.47. The molecule has 2 aromatic carbocycles. The third kappa shape index (κ3) is 5.07. The van der Waals surface area contributed by atoms with Gasteiger partial charge in [0.1, 0.15) is 5.75 Å². The molecule has 2 aliphatic rings. The number of rotatable bonds is 8. The summed E-state index contributed by atoms with van der Waals surface area (Å²) in [4.78, 5) is 43.6. The Morgan fingerprint density at radius 2 is 1.74 bits per heavy atom. The molecule has 0 aliphatic carbocycles. The van der Waals surface area contributed by atoms with Crippen molar-refractivity contribution in [2.45, 2.75) is 32.2 Å². The van der Waals surface area contributed by atoms with Crippen molar-refractivity contribution in [1.29, 1.82) is 0 Å². The summed E-state index contributed by atoms with van der Waals surface area (Å²) in [6.45, 7) is 5.32. The fourth-order valence-electron chi connectivity index (χ4n) is 4.41. The molecule has 0 N–H and O–H groups in total. The van der Waals surface area contributed by atoms with Crippen LogP contribution in [0.1, 0.15) is 36.5 Å². The van der Waals surface area contributed by atoms with E-state index in [-0.39, 0.29) is 18.2 Å². The minimum absolute atomic E-state index is 0.165. The molecule has 180 valence electrons. The second kappa shape index (κ2) is 10.7. The van der Waals surface area contributed by atoms with Crippen LogP contribution in [0, 0.1) is 0 Å². The summed E-state index contributed by atoms with van der Waals surface area (Å²) in [5, 5.41) is 0. The summed E-state index contributed by atoms with van der Waals surface area (Å²) in [7, 11) is 1.65. The molecule has 0 saturated carbocycles. The number of ether oxygens (including phenoxy) is 2. The summed E-state index contributed by atoms with van der Waals surface area (Å²) >= 11 is 0. The van der Waals surface area contributed by atoms with Gasteiger partial charge in [-0.05, 0) is 42.8 Å². The van der Waals surface area contributed by atoms with Gasteiger partial charge in [-0.2, -0.15) is 0 Å². The topological polar surface area (TPSA) is 79.4 Å². The standard InChI is InChI=1S/C26H31N3O5/c1-3-4-16-34-26(32)19-8-10-20(11-9-19)29-24(30)18-23(25(29)31)28-14-12-27(13-15-28)21-6-5-7-22(17-21)33-2/h5-11,17,23H,3-4,12-16,18H2,1-2H3/t23-/m1/s1. The lowest BCUT2D eigenvalue weighted by molar-refractivity contribution is -0.123. The Morgan fingerprint density at radius 3 is 2.41 bits per heavy atom. The van der Waals surface area contributed by atoms with Gasteiger partial charge in [0.05, 0.1) is 37.4 Å². The third-order valence-corrected chi connectivity index (χ3v) is 6.39. The molecule has 0 spiro atoms. The van der Waals surface area contributed by atoms with Gasteiger partial charge < -0.3 is 14.4 Å². The van der Waals surface area contributed by atoms with Crippen molar-refractivity contribution in [3.63, 3.8) is 0 Å². The van der Waals surface area contributed by atoms with Gasteiger partial charge in [-0.1, -0.05) is 19.4 Å². The monoisotopic (exact) mass is 465 g/mol. The lowest BCUT2D eigenvalue weighted by Gasteiger charge is -2.38. The first-order chi connectivity index (χ1) is 16.5. The molecule has 2 saturated heterocycles. The van der Waals surface area contributed by atoms with Gasteiger partial charge in [-0.25, -0.2) is 9.69 Å². The van der Waals surface area contributed by atoms with E-state index >= 15 is 0 Å². The van der Waals surface area contributed by atoms with Crippen LogP contribution in [0.2, 0.25) is 0 Å². The van der Waals surface area contributed by atoms with E-state index in [1.54, 1.807) is 31.4 Å². The maximum atomic E-state index is 13.2. The quantitative estimate of drug-likeness (QED) is 0.337.